The number of hydrogen-bond acceptors (Lipinski definition) is 10. The molecule has 2 saturated heterocycles. The van der Waals surface area contributed by atoms with Crippen molar-refractivity contribution >= 4 is 46.9 Å². The van der Waals surface area contributed by atoms with E-state index in [2.05, 4.69) is 37.0 Å². The number of nitrogen functional groups attached to an aromatic ring is 1. The Labute approximate surface area is 299 Å². The number of pyridine rings is 2. The fraction of sp³-hybridized carbons (Fsp3) is 0.432. The second kappa shape index (κ2) is 16.6. The van der Waals surface area contributed by atoms with Gasteiger partial charge < -0.3 is 25.6 Å². The van der Waals surface area contributed by atoms with E-state index in [1.54, 1.807) is 42.4 Å². The van der Waals surface area contributed by atoms with Crippen LogP contribution >= 0.6 is 0 Å². The van der Waals surface area contributed by atoms with E-state index in [0.29, 0.717) is 68.6 Å². The van der Waals surface area contributed by atoms with Gasteiger partial charge in [0.05, 0.1) is 36.3 Å². The minimum atomic E-state index is -0.277. The molecule has 14 heteroatoms. The topological polar surface area (TPSA) is 180 Å². The molecule has 0 radical (unpaired) electrons. The van der Waals surface area contributed by atoms with Gasteiger partial charge in [-0.25, -0.2) is 15.0 Å². The van der Waals surface area contributed by atoms with Gasteiger partial charge in [0.1, 0.15) is 11.5 Å². The summed E-state index contributed by atoms with van der Waals surface area (Å²) in [6.45, 7) is 11.6. The quantitative estimate of drug-likeness (QED) is 0.163. The molecule has 0 saturated carbocycles. The van der Waals surface area contributed by atoms with E-state index in [0.717, 1.165) is 11.3 Å². The van der Waals surface area contributed by atoms with Crippen LogP contribution in [0.1, 0.15) is 50.9 Å². The molecule has 2 aliphatic rings. The highest BCUT2D eigenvalue weighted by Gasteiger charge is 2.35. The molecule has 2 aromatic heterocycles. The van der Waals surface area contributed by atoms with Crippen molar-refractivity contribution < 1.29 is 14.3 Å². The maximum absolute atomic E-state index is 13.8. The summed E-state index contributed by atoms with van der Waals surface area (Å²) < 4.78 is 5.62. The van der Waals surface area contributed by atoms with Crippen molar-refractivity contribution in [1.82, 2.24) is 25.1 Å². The van der Waals surface area contributed by atoms with Crippen LogP contribution in [-0.4, -0.2) is 114 Å². The molecule has 5 rings (SSSR count). The number of likely N-dealkylation sites (tertiary alicyclic amines) is 1. The first-order valence-corrected chi connectivity index (χ1v) is 17.4. The third-order valence-electron chi connectivity index (χ3n) is 9.15. The standard InChI is InChI=1S/C37H49N11O3/c1-6-47(31-13-12-30(38)35(44-31)34(39)27-9-14-32(42-19-27)51-24(2)3)37(50)28-15-16-45(21-28)22-33(49)48-18-17-46(20-25(48)4)29-10-7-26(8-11-29)36(40)43-23-41-5/h7-14,19,23-25,28,39H,6,15-18,20-22,38H2,1-5H3,(H2,40,41,43)/t25-,28+/m0/s1. The van der Waals surface area contributed by atoms with Gasteiger partial charge in [0.15, 0.2) is 5.84 Å². The molecule has 2 amide bonds. The van der Waals surface area contributed by atoms with Crippen LogP contribution in [-0.2, 0) is 9.59 Å². The average molecular weight is 696 g/mol. The molecule has 270 valence electrons. The normalized spacial score (nSPS) is 17.9. The molecule has 0 unspecified atom stereocenters. The number of nitrogens with one attached hydrogen (secondary N) is 3. The Morgan fingerprint density at radius 1 is 1.08 bits per heavy atom. The fourth-order valence-electron chi connectivity index (χ4n) is 6.49. The van der Waals surface area contributed by atoms with E-state index in [-0.39, 0.29) is 53.7 Å². The molecule has 2 aliphatic heterocycles. The van der Waals surface area contributed by atoms with Crippen LogP contribution in [0.25, 0.3) is 0 Å². The van der Waals surface area contributed by atoms with Crippen molar-refractivity contribution in [2.24, 2.45) is 10.9 Å². The van der Waals surface area contributed by atoms with Gasteiger partial charge in [-0.1, -0.05) is 0 Å². The smallest absolute Gasteiger partial charge is 0.237 e. The van der Waals surface area contributed by atoms with Gasteiger partial charge in [-0.2, -0.15) is 0 Å². The van der Waals surface area contributed by atoms with Crippen LogP contribution in [0.2, 0.25) is 0 Å². The Kier molecular flexibility index (Phi) is 12.0. The Balaban J connectivity index is 1.16. The number of nitrogens with two attached hydrogens (primary N) is 1. The molecule has 14 nitrogen and oxygen atoms in total. The first-order chi connectivity index (χ1) is 24.5. The van der Waals surface area contributed by atoms with E-state index in [1.165, 1.54) is 6.34 Å². The van der Waals surface area contributed by atoms with Crippen LogP contribution in [0.3, 0.4) is 0 Å². The third kappa shape index (κ3) is 8.87. The maximum Gasteiger partial charge on any atom is 0.237 e. The Morgan fingerprint density at radius 3 is 2.47 bits per heavy atom. The second-order valence-corrected chi connectivity index (χ2v) is 13.2. The van der Waals surface area contributed by atoms with E-state index in [1.807, 2.05) is 49.9 Å². The number of carbonyl (C=O) groups excluding carboxylic acids is 2. The summed E-state index contributed by atoms with van der Waals surface area (Å²) in [4.78, 5) is 48.2. The molecular weight excluding hydrogens is 646 g/mol. The number of benzene rings is 1. The Morgan fingerprint density at radius 2 is 1.82 bits per heavy atom. The highest BCUT2D eigenvalue weighted by atomic mass is 16.5. The number of aliphatic imine (C=N–C) groups is 1. The van der Waals surface area contributed by atoms with E-state index >= 15 is 0 Å². The SMILES string of the molecule is CCN(C(=O)[C@@H]1CCN(CC(=O)N2CCN(c3ccc(C(=N)/N=C\NC)cc3)C[C@@H]2C)C1)c1ccc(N)c(C(=N)c2ccc(OC(C)C)nc2)n1. The van der Waals surface area contributed by atoms with Gasteiger partial charge >= 0.3 is 0 Å². The highest BCUT2D eigenvalue weighted by Crippen LogP contribution is 2.26. The number of nitrogens with zero attached hydrogens (tertiary/aromatic N) is 7. The van der Waals surface area contributed by atoms with Crippen molar-refractivity contribution in [2.75, 3.05) is 68.4 Å². The molecule has 0 bridgehead atoms. The number of anilines is 3. The minimum absolute atomic E-state index is 0.0178. The second-order valence-electron chi connectivity index (χ2n) is 13.2. The summed E-state index contributed by atoms with van der Waals surface area (Å²) in [7, 11) is 1.74. The number of aromatic nitrogens is 2. The number of piperazine rings is 1. The van der Waals surface area contributed by atoms with Crippen molar-refractivity contribution in [2.45, 2.75) is 46.3 Å². The van der Waals surface area contributed by atoms with Crippen molar-refractivity contribution in [3.8, 4) is 5.88 Å². The van der Waals surface area contributed by atoms with Crippen LogP contribution in [0, 0.1) is 16.7 Å². The van der Waals surface area contributed by atoms with Crippen LogP contribution < -0.4 is 25.6 Å². The summed E-state index contributed by atoms with van der Waals surface area (Å²) in [6.07, 6.45) is 3.67. The van der Waals surface area contributed by atoms with Crippen LogP contribution in [0.5, 0.6) is 5.88 Å². The lowest BCUT2D eigenvalue weighted by molar-refractivity contribution is -0.134. The summed E-state index contributed by atoms with van der Waals surface area (Å²) in [5.74, 6) is 0.818. The number of carbonyl (C=O) groups is 2. The van der Waals surface area contributed by atoms with E-state index in [9.17, 15) is 9.59 Å². The lowest BCUT2D eigenvalue weighted by Crippen LogP contribution is -2.56. The Hall–Kier alpha value is -5.37. The molecule has 2 atom stereocenters. The number of rotatable bonds is 12. The van der Waals surface area contributed by atoms with Gasteiger partial charge in [-0.3, -0.25) is 30.2 Å². The zero-order valence-corrected chi connectivity index (χ0v) is 30.1. The third-order valence-corrected chi connectivity index (χ3v) is 9.15. The molecule has 4 heterocycles. The van der Waals surface area contributed by atoms with Crippen LogP contribution in [0.4, 0.5) is 17.2 Å². The monoisotopic (exact) mass is 695 g/mol. The molecule has 51 heavy (non-hydrogen) atoms. The molecule has 1 aromatic carbocycles. The molecule has 0 spiro atoms. The van der Waals surface area contributed by atoms with E-state index in [4.69, 9.17) is 21.3 Å². The molecule has 5 N–H and O–H groups in total. The lowest BCUT2D eigenvalue weighted by Gasteiger charge is -2.41. The van der Waals surface area contributed by atoms with Gasteiger partial charge in [0.25, 0.3) is 0 Å². The van der Waals surface area contributed by atoms with Gasteiger partial charge in [0, 0.05) is 74.9 Å². The average Bonchev–Trinajstić information content (AvgIpc) is 3.59. The zero-order chi connectivity index (χ0) is 36.7. The summed E-state index contributed by atoms with van der Waals surface area (Å²) >= 11 is 0. The predicted molar refractivity (Wildman–Crippen MR) is 201 cm³/mol. The van der Waals surface area contributed by atoms with Gasteiger partial charge in [-0.15, -0.1) is 0 Å². The Bertz CT molecular complexity index is 1740. The molecule has 2 fully saturated rings. The van der Waals surface area contributed by atoms with Gasteiger partial charge in [0.2, 0.25) is 17.7 Å². The van der Waals surface area contributed by atoms with Gasteiger partial charge in [-0.05, 0) is 83.1 Å². The summed E-state index contributed by atoms with van der Waals surface area (Å²) in [6, 6.07) is 14.6. The largest absolute Gasteiger partial charge is 0.475 e. The molecular formula is C37H49N11O3. The van der Waals surface area contributed by atoms with Crippen molar-refractivity contribution in [3.05, 3.63) is 71.5 Å². The number of hydrogen-bond donors (Lipinski definition) is 4. The predicted octanol–water partition coefficient (Wildman–Crippen LogP) is 3.25. The highest BCUT2D eigenvalue weighted by molar-refractivity contribution is 6.12. The number of amides is 2. The minimum Gasteiger partial charge on any atom is -0.475 e. The van der Waals surface area contributed by atoms with E-state index < -0.39 is 0 Å². The van der Waals surface area contributed by atoms with Crippen molar-refractivity contribution in [3.63, 3.8) is 0 Å². The zero-order valence-electron chi connectivity index (χ0n) is 30.1. The lowest BCUT2D eigenvalue weighted by atomic mass is 10.1. The summed E-state index contributed by atoms with van der Waals surface area (Å²) in [5, 5.41) is 19.7. The first kappa shape index (κ1) is 36.9. The first-order valence-electron chi connectivity index (χ1n) is 17.4. The molecule has 3 aromatic rings. The fourth-order valence-corrected chi connectivity index (χ4v) is 6.49. The molecule has 0 aliphatic carbocycles. The maximum atomic E-state index is 13.8. The number of ether oxygens (including phenoxy) is 1. The summed E-state index contributed by atoms with van der Waals surface area (Å²) in [5.41, 5.74) is 9.29. The van der Waals surface area contributed by atoms with Crippen molar-refractivity contribution in [1.29, 1.82) is 10.8 Å². The number of amidine groups is 1. The van der Waals surface area contributed by atoms with Crippen LogP contribution in [0.15, 0.2) is 59.7 Å².